The number of phenols is 1. The first-order chi connectivity index (χ1) is 11.2. The highest BCUT2D eigenvalue weighted by atomic mass is 32.2. The Labute approximate surface area is 135 Å². The zero-order chi connectivity index (χ0) is 18.1. The third-order valence-corrected chi connectivity index (χ3v) is 4.97. The number of aromatic hydroxyl groups is 1. The lowest BCUT2D eigenvalue weighted by Crippen LogP contribution is -2.16. The van der Waals surface area contributed by atoms with Crippen molar-refractivity contribution in [2.45, 2.75) is 11.8 Å². The van der Waals surface area contributed by atoms with Crippen LogP contribution >= 0.6 is 0 Å². The molecule has 0 fully saturated rings. The number of sulfone groups is 1. The van der Waals surface area contributed by atoms with E-state index in [0.29, 0.717) is 6.07 Å². The number of carbonyl (C=O) groups excluding carboxylic acids is 1. The summed E-state index contributed by atoms with van der Waals surface area (Å²) in [6.07, 6.45) is 0. The van der Waals surface area contributed by atoms with Gasteiger partial charge < -0.3 is 10.4 Å². The third kappa shape index (κ3) is 3.35. The zero-order valence-electron chi connectivity index (χ0n) is 12.3. The molecule has 0 spiro atoms. The first-order valence-electron chi connectivity index (χ1n) is 6.68. The molecule has 0 bridgehead atoms. The molecule has 2 rings (SSSR count). The van der Waals surface area contributed by atoms with Gasteiger partial charge in [0.1, 0.15) is 5.75 Å². The van der Waals surface area contributed by atoms with Gasteiger partial charge in [-0.1, -0.05) is 6.92 Å². The molecule has 0 radical (unpaired) electrons. The van der Waals surface area contributed by atoms with E-state index < -0.39 is 44.5 Å². The van der Waals surface area contributed by atoms with Gasteiger partial charge in [0.25, 0.3) is 5.91 Å². The minimum atomic E-state index is -3.60. The summed E-state index contributed by atoms with van der Waals surface area (Å²) in [5.74, 6) is -6.81. The summed E-state index contributed by atoms with van der Waals surface area (Å²) in [5.41, 5.74) is -1.10. The number of nitrogens with one attached hydrogen (secondary N) is 1. The van der Waals surface area contributed by atoms with Gasteiger partial charge in [0, 0.05) is 0 Å². The molecule has 0 heterocycles. The van der Waals surface area contributed by atoms with Crippen molar-refractivity contribution in [1.29, 1.82) is 0 Å². The van der Waals surface area contributed by atoms with E-state index in [4.69, 9.17) is 0 Å². The molecule has 0 aliphatic rings. The Hall–Kier alpha value is -2.55. The predicted octanol–water partition coefficient (Wildman–Crippen LogP) is 2.86. The van der Waals surface area contributed by atoms with Crippen LogP contribution in [-0.2, 0) is 9.84 Å². The molecule has 0 aliphatic carbocycles. The van der Waals surface area contributed by atoms with Crippen LogP contribution < -0.4 is 5.32 Å². The molecule has 0 unspecified atom stereocenters. The standard InChI is InChI=1S/C15H12F3NO4S/c1-2-24(22,23)8-3-6-12(20)11(7-8)19-15(21)9-4-5-10(16)14(18)13(9)17/h3-7,20H,2H2,1H3,(H,19,21). The van der Waals surface area contributed by atoms with Crippen molar-refractivity contribution in [3.63, 3.8) is 0 Å². The van der Waals surface area contributed by atoms with Gasteiger partial charge in [-0.3, -0.25) is 4.79 Å². The number of phenolic OH excluding ortho intramolecular Hbond substituents is 1. The average molecular weight is 359 g/mol. The van der Waals surface area contributed by atoms with Crippen LogP contribution in [0.5, 0.6) is 5.75 Å². The summed E-state index contributed by atoms with van der Waals surface area (Å²) >= 11 is 0. The van der Waals surface area contributed by atoms with Crippen LogP contribution in [0, 0.1) is 17.5 Å². The Morgan fingerprint density at radius 3 is 2.42 bits per heavy atom. The van der Waals surface area contributed by atoms with E-state index in [1.807, 2.05) is 0 Å². The maximum absolute atomic E-state index is 13.6. The SMILES string of the molecule is CCS(=O)(=O)c1ccc(O)c(NC(=O)c2ccc(F)c(F)c2F)c1. The highest BCUT2D eigenvalue weighted by molar-refractivity contribution is 7.91. The van der Waals surface area contributed by atoms with Crippen LogP contribution in [0.2, 0.25) is 0 Å². The Morgan fingerprint density at radius 2 is 1.79 bits per heavy atom. The van der Waals surface area contributed by atoms with E-state index in [-0.39, 0.29) is 16.3 Å². The molecule has 128 valence electrons. The number of benzene rings is 2. The van der Waals surface area contributed by atoms with Crippen molar-refractivity contribution < 1.29 is 31.5 Å². The molecular weight excluding hydrogens is 347 g/mol. The smallest absolute Gasteiger partial charge is 0.258 e. The van der Waals surface area contributed by atoms with Gasteiger partial charge in [0.2, 0.25) is 0 Å². The number of halogens is 3. The van der Waals surface area contributed by atoms with Crippen LogP contribution in [-0.4, -0.2) is 25.2 Å². The Balaban J connectivity index is 2.40. The van der Waals surface area contributed by atoms with Crippen LogP contribution in [0.15, 0.2) is 35.2 Å². The summed E-state index contributed by atoms with van der Waals surface area (Å²) in [5, 5.41) is 11.8. The van der Waals surface area contributed by atoms with Crippen LogP contribution in [0.4, 0.5) is 18.9 Å². The number of hydrogen-bond acceptors (Lipinski definition) is 4. The Kier molecular flexibility index (Phi) is 4.83. The summed E-state index contributed by atoms with van der Waals surface area (Å²) < 4.78 is 63.3. The summed E-state index contributed by atoms with van der Waals surface area (Å²) in [7, 11) is -3.60. The van der Waals surface area contributed by atoms with E-state index in [1.54, 1.807) is 0 Å². The first-order valence-corrected chi connectivity index (χ1v) is 8.33. The van der Waals surface area contributed by atoms with Crippen molar-refractivity contribution >= 4 is 21.4 Å². The fraction of sp³-hybridized carbons (Fsp3) is 0.133. The Bertz CT molecular complexity index is 913. The van der Waals surface area contributed by atoms with Crippen molar-refractivity contribution in [2.24, 2.45) is 0 Å². The number of anilines is 1. The third-order valence-electron chi connectivity index (χ3n) is 3.24. The zero-order valence-corrected chi connectivity index (χ0v) is 13.1. The second-order valence-electron chi connectivity index (χ2n) is 4.76. The van der Waals surface area contributed by atoms with Crippen LogP contribution in [0.25, 0.3) is 0 Å². The maximum Gasteiger partial charge on any atom is 0.258 e. The second-order valence-corrected chi connectivity index (χ2v) is 7.04. The maximum atomic E-state index is 13.6. The Morgan fingerprint density at radius 1 is 1.12 bits per heavy atom. The molecule has 0 aliphatic heterocycles. The lowest BCUT2D eigenvalue weighted by molar-refractivity contribution is 0.102. The van der Waals surface area contributed by atoms with E-state index in [1.165, 1.54) is 6.92 Å². The number of carbonyl (C=O) groups is 1. The first kappa shape index (κ1) is 17.8. The van der Waals surface area contributed by atoms with Crippen molar-refractivity contribution in [1.82, 2.24) is 0 Å². The molecule has 0 saturated carbocycles. The number of amides is 1. The van der Waals surface area contributed by atoms with Crippen molar-refractivity contribution in [3.05, 3.63) is 53.3 Å². The van der Waals surface area contributed by atoms with Crippen LogP contribution in [0.1, 0.15) is 17.3 Å². The van der Waals surface area contributed by atoms with Crippen molar-refractivity contribution in [3.8, 4) is 5.75 Å². The van der Waals surface area contributed by atoms with Crippen molar-refractivity contribution in [2.75, 3.05) is 11.1 Å². The second kappa shape index (κ2) is 6.52. The molecule has 24 heavy (non-hydrogen) atoms. The van der Waals surface area contributed by atoms with Gasteiger partial charge in [-0.2, -0.15) is 0 Å². The molecule has 9 heteroatoms. The lowest BCUT2D eigenvalue weighted by Gasteiger charge is -2.10. The summed E-state index contributed by atoms with van der Waals surface area (Å²) in [6, 6.07) is 4.48. The van der Waals surface area contributed by atoms with E-state index in [9.17, 15) is 31.5 Å². The molecule has 2 N–H and O–H groups in total. The molecule has 1 amide bonds. The highest BCUT2D eigenvalue weighted by Crippen LogP contribution is 2.28. The summed E-state index contributed by atoms with van der Waals surface area (Å²) in [4.78, 5) is 11.8. The molecule has 0 saturated heterocycles. The van der Waals surface area contributed by atoms with Gasteiger partial charge in [-0.25, -0.2) is 21.6 Å². The van der Waals surface area contributed by atoms with E-state index in [2.05, 4.69) is 5.32 Å². The number of hydrogen-bond donors (Lipinski definition) is 2. The fourth-order valence-corrected chi connectivity index (χ4v) is 2.77. The molecule has 2 aromatic carbocycles. The van der Waals surface area contributed by atoms with Gasteiger partial charge in [0.05, 0.1) is 21.9 Å². The minimum Gasteiger partial charge on any atom is -0.506 e. The lowest BCUT2D eigenvalue weighted by atomic mass is 10.1. The normalized spacial score (nSPS) is 11.3. The molecule has 2 aromatic rings. The number of rotatable bonds is 4. The van der Waals surface area contributed by atoms with E-state index >= 15 is 0 Å². The predicted molar refractivity (Wildman–Crippen MR) is 80.1 cm³/mol. The van der Waals surface area contributed by atoms with Crippen LogP contribution in [0.3, 0.4) is 0 Å². The highest BCUT2D eigenvalue weighted by Gasteiger charge is 2.21. The van der Waals surface area contributed by atoms with Gasteiger partial charge >= 0.3 is 0 Å². The van der Waals surface area contributed by atoms with Gasteiger partial charge in [0.15, 0.2) is 27.3 Å². The minimum absolute atomic E-state index is 0.163. The van der Waals surface area contributed by atoms with E-state index in [0.717, 1.165) is 24.3 Å². The topological polar surface area (TPSA) is 83.5 Å². The van der Waals surface area contributed by atoms with Gasteiger partial charge in [-0.15, -0.1) is 0 Å². The van der Waals surface area contributed by atoms with Gasteiger partial charge in [-0.05, 0) is 30.3 Å². The average Bonchev–Trinajstić information content (AvgIpc) is 2.54. The molecule has 5 nitrogen and oxygen atoms in total. The molecular formula is C15H12F3NO4S. The fourth-order valence-electron chi connectivity index (χ4n) is 1.87. The summed E-state index contributed by atoms with van der Waals surface area (Å²) in [6.45, 7) is 1.41. The largest absolute Gasteiger partial charge is 0.506 e. The quantitative estimate of drug-likeness (QED) is 0.650. The molecule has 0 aromatic heterocycles. The monoisotopic (exact) mass is 359 g/mol. The molecule has 0 atom stereocenters.